The Morgan fingerprint density at radius 2 is 1.96 bits per heavy atom. The van der Waals surface area contributed by atoms with Gasteiger partial charge in [0.15, 0.2) is 5.71 Å². The number of carbonyl (C=O) groups is 1. The molecule has 0 fully saturated rings. The molecule has 1 aliphatic rings. The smallest absolute Gasteiger partial charge is 0.255 e. The van der Waals surface area contributed by atoms with Gasteiger partial charge in [-0.15, -0.1) is 0 Å². The van der Waals surface area contributed by atoms with E-state index in [0.717, 1.165) is 5.56 Å². The fraction of sp³-hybridized carbons (Fsp3) is 0.0500. The van der Waals surface area contributed by atoms with Crippen LogP contribution in [0.3, 0.4) is 0 Å². The van der Waals surface area contributed by atoms with E-state index in [9.17, 15) is 4.79 Å². The standard InChI is InChI=1S/C20H17N3O2S/c21-17-10-5-11-18(19(17)23-26)22-20(24)15-8-4-9-16(12-15)25-13-14-6-2-1-3-7-14/h1-12,21,26H,13H2,(H,22,24)/p+1/b21-17?,23-19+. The molecule has 0 aliphatic heterocycles. The molecule has 2 N–H and O–H groups in total. The third kappa shape index (κ3) is 4.29. The molecule has 2 aromatic rings. The van der Waals surface area contributed by atoms with Gasteiger partial charge in [0.2, 0.25) is 0 Å². The van der Waals surface area contributed by atoms with Gasteiger partial charge in [-0.05, 0) is 35.9 Å². The van der Waals surface area contributed by atoms with Crippen molar-refractivity contribution in [2.24, 2.45) is 4.40 Å². The molecule has 3 rings (SSSR count). The van der Waals surface area contributed by atoms with E-state index in [4.69, 9.17) is 10.1 Å². The van der Waals surface area contributed by atoms with Crippen LogP contribution in [0.15, 0.2) is 82.9 Å². The minimum atomic E-state index is -0.294. The highest BCUT2D eigenvalue weighted by Gasteiger charge is 2.18. The number of carbonyl (C=O) groups excluding carboxylic acids is 1. The zero-order chi connectivity index (χ0) is 18.4. The van der Waals surface area contributed by atoms with Gasteiger partial charge in [-0.25, -0.2) is 0 Å². The highest BCUT2D eigenvalue weighted by molar-refractivity contribution is 7.57. The first-order valence-corrected chi connectivity index (χ1v) is 8.42. The van der Waals surface area contributed by atoms with Crippen molar-refractivity contribution < 1.29 is 9.53 Å². The molecule has 0 saturated heterocycles. The van der Waals surface area contributed by atoms with Crippen LogP contribution in [-0.2, 0) is 19.4 Å². The highest BCUT2D eigenvalue weighted by atomic mass is 32.1. The number of rotatable bonds is 5. The van der Waals surface area contributed by atoms with Crippen LogP contribution < -0.4 is 10.1 Å². The van der Waals surface area contributed by atoms with Gasteiger partial charge in [-0.2, -0.15) is 0 Å². The summed E-state index contributed by atoms with van der Waals surface area (Å²) in [7, 11) is 0. The molecular weight excluding hydrogens is 346 g/mol. The van der Waals surface area contributed by atoms with E-state index in [-0.39, 0.29) is 11.6 Å². The van der Waals surface area contributed by atoms with Gasteiger partial charge in [0, 0.05) is 5.56 Å². The van der Waals surface area contributed by atoms with E-state index in [1.54, 1.807) is 36.4 Å². The SMILES string of the molecule is N=C1C=CC=C(NC(=O)c2cccc(OCc3ccccc3)c2)/C1=N/[SH2+]. The summed E-state index contributed by atoms with van der Waals surface area (Å²) in [5.74, 6) is 0.318. The molecule has 0 saturated carbocycles. The zero-order valence-corrected chi connectivity index (χ0v) is 14.9. The van der Waals surface area contributed by atoms with Crippen LogP contribution in [0.2, 0.25) is 0 Å². The first kappa shape index (κ1) is 17.7. The second-order valence-electron chi connectivity index (χ2n) is 5.57. The Kier molecular flexibility index (Phi) is 5.66. The van der Waals surface area contributed by atoms with Crippen molar-refractivity contribution >= 4 is 30.1 Å². The Morgan fingerprint density at radius 3 is 2.73 bits per heavy atom. The fourth-order valence-electron chi connectivity index (χ4n) is 2.43. The van der Waals surface area contributed by atoms with Crippen LogP contribution >= 0.6 is 0 Å². The van der Waals surface area contributed by atoms with Gasteiger partial charge >= 0.3 is 0 Å². The quantitative estimate of drug-likeness (QED) is 0.632. The van der Waals surface area contributed by atoms with Crippen molar-refractivity contribution in [2.75, 3.05) is 0 Å². The summed E-state index contributed by atoms with van der Waals surface area (Å²) in [6, 6.07) is 16.8. The first-order valence-electron chi connectivity index (χ1n) is 7.97. The van der Waals surface area contributed by atoms with Crippen LogP contribution in [0.25, 0.3) is 0 Å². The van der Waals surface area contributed by atoms with Crippen LogP contribution in [0.1, 0.15) is 15.9 Å². The van der Waals surface area contributed by atoms with Crippen molar-refractivity contribution in [3.63, 3.8) is 0 Å². The van der Waals surface area contributed by atoms with Crippen molar-refractivity contribution in [1.29, 1.82) is 5.41 Å². The molecule has 26 heavy (non-hydrogen) atoms. The van der Waals surface area contributed by atoms with Crippen LogP contribution in [0.4, 0.5) is 0 Å². The maximum atomic E-state index is 12.5. The summed E-state index contributed by atoms with van der Waals surface area (Å²) in [5.41, 5.74) is 2.57. The number of hydrogen-bond acceptors (Lipinski definition) is 4. The largest absolute Gasteiger partial charge is 0.489 e. The summed E-state index contributed by atoms with van der Waals surface area (Å²) in [5, 5.41) is 10.6. The molecule has 5 nitrogen and oxygen atoms in total. The van der Waals surface area contributed by atoms with E-state index in [1.165, 1.54) is 0 Å². The molecule has 130 valence electrons. The Balaban J connectivity index is 1.69. The van der Waals surface area contributed by atoms with E-state index in [1.807, 2.05) is 36.4 Å². The number of nitrogens with zero attached hydrogens (tertiary/aromatic N) is 1. The summed E-state index contributed by atoms with van der Waals surface area (Å²) >= 11 is 3.05. The van der Waals surface area contributed by atoms with Crippen molar-refractivity contribution in [3.05, 3.63) is 89.6 Å². The lowest BCUT2D eigenvalue weighted by Gasteiger charge is -2.13. The van der Waals surface area contributed by atoms with E-state index >= 15 is 0 Å². The molecular formula is C20H18N3O2S+. The predicted molar refractivity (Wildman–Crippen MR) is 107 cm³/mol. The van der Waals surface area contributed by atoms with Gasteiger partial charge in [-0.3, -0.25) is 10.2 Å². The number of allylic oxidation sites excluding steroid dienone is 4. The molecule has 0 atom stereocenters. The Hall–Kier alpha value is -3.12. The third-order valence-electron chi connectivity index (χ3n) is 3.74. The van der Waals surface area contributed by atoms with Crippen LogP contribution in [0.5, 0.6) is 5.75 Å². The van der Waals surface area contributed by atoms with Gasteiger partial charge < -0.3 is 10.1 Å². The molecule has 0 unspecified atom stereocenters. The van der Waals surface area contributed by atoms with Gasteiger partial charge in [-0.1, -0.05) is 46.9 Å². The molecule has 1 amide bonds. The number of benzene rings is 2. The van der Waals surface area contributed by atoms with Crippen molar-refractivity contribution in [2.45, 2.75) is 6.61 Å². The fourth-order valence-corrected chi connectivity index (χ4v) is 2.67. The summed E-state index contributed by atoms with van der Waals surface area (Å²) < 4.78 is 9.64. The average molecular weight is 364 g/mol. The second kappa shape index (κ2) is 8.31. The Morgan fingerprint density at radius 1 is 1.15 bits per heavy atom. The van der Waals surface area contributed by atoms with Gasteiger partial charge in [0.05, 0.1) is 24.2 Å². The minimum absolute atomic E-state index is 0.220. The lowest BCUT2D eigenvalue weighted by Crippen LogP contribution is -2.31. The summed E-state index contributed by atoms with van der Waals surface area (Å²) in [6.07, 6.45) is 5.00. The zero-order valence-electron chi connectivity index (χ0n) is 13.9. The van der Waals surface area contributed by atoms with Gasteiger partial charge in [0.25, 0.3) is 5.91 Å². The third-order valence-corrected chi connectivity index (χ3v) is 3.96. The predicted octanol–water partition coefficient (Wildman–Crippen LogP) is 2.84. The summed E-state index contributed by atoms with van der Waals surface area (Å²) in [4.78, 5) is 12.5. The molecule has 2 aromatic carbocycles. The molecule has 0 bridgehead atoms. The van der Waals surface area contributed by atoms with Gasteiger partial charge in [0.1, 0.15) is 12.4 Å². The van der Waals surface area contributed by atoms with Crippen molar-refractivity contribution in [1.82, 2.24) is 5.32 Å². The lowest BCUT2D eigenvalue weighted by molar-refractivity contribution is 0.0967. The first-order chi connectivity index (χ1) is 12.7. The number of ether oxygens (including phenoxy) is 1. The Labute approximate surface area is 157 Å². The Bertz CT molecular complexity index is 918. The monoisotopic (exact) mass is 364 g/mol. The molecule has 1 aliphatic carbocycles. The number of amides is 1. The van der Waals surface area contributed by atoms with E-state index in [0.29, 0.717) is 29.3 Å². The second-order valence-corrected chi connectivity index (χ2v) is 5.79. The normalized spacial score (nSPS) is 14.9. The van der Waals surface area contributed by atoms with Crippen LogP contribution in [0, 0.1) is 5.41 Å². The highest BCUT2D eigenvalue weighted by Crippen LogP contribution is 2.16. The molecule has 0 spiro atoms. The number of hydrogen-bond donors (Lipinski definition) is 2. The molecule has 6 heteroatoms. The maximum absolute atomic E-state index is 12.5. The lowest BCUT2D eigenvalue weighted by atomic mass is 10.1. The van der Waals surface area contributed by atoms with Crippen molar-refractivity contribution in [3.8, 4) is 5.75 Å². The summed E-state index contributed by atoms with van der Waals surface area (Å²) in [6.45, 7) is 0.430. The number of nitrogens with one attached hydrogen (secondary N) is 2. The molecule has 0 aromatic heterocycles. The topological polar surface area (TPSA) is 74.5 Å². The van der Waals surface area contributed by atoms with E-state index in [2.05, 4.69) is 22.5 Å². The van der Waals surface area contributed by atoms with Crippen LogP contribution in [-0.4, -0.2) is 17.3 Å². The minimum Gasteiger partial charge on any atom is -0.489 e. The average Bonchev–Trinajstić information content (AvgIpc) is 2.67. The maximum Gasteiger partial charge on any atom is 0.255 e. The molecule has 0 heterocycles. The molecule has 0 radical (unpaired) electrons. The van der Waals surface area contributed by atoms with E-state index < -0.39 is 0 Å².